The maximum Gasteiger partial charge on any atom is 0.308 e. The van der Waals surface area contributed by atoms with Gasteiger partial charge in [0, 0.05) is 6.04 Å². The number of carbonyl (C=O) groups excluding carboxylic acids is 1. The third kappa shape index (κ3) is 5.50. The van der Waals surface area contributed by atoms with E-state index in [0.717, 1.165) is 20.9 Å². The molecule has 0 saturated carbocycles. The Morgan fingerprint density at radius 3 is 2.42 bits per heavy atom. The van der Waals surface area contributed by atoms with Gasteiger partial charge in [-0.05, 0) is 62.9 Å². The number of rotatable bonds is 6. The number of ether oxygens (including phenoxy) is 2. The van der Waals surface area contributed by atoms with Crippen molar-refractivity contribution < 1.29 is 14.3 Å². The van der Waals surface area contributed by atoms with Crippen molar-refractivity contribution in [3.8, 4) is 5.75 Å². The van der Waals surface area contributed by atoms with Gasteiger partial charge in [0.05, 0.1) is 29.1 Å². The molecule has 0 amide bonds. The van der Waals surface area contributed by atoms with E-state index in [4.69, 9.17) is 10.5 Å². The molecule has 1 unspecified atom stereocenters. The molecule has 0 aromatic heterocycles. The van der Waals surface area contributed by atoms with E-state index in [9.17, 15) is 4.79 Å². The highest BCUT2D eigenvalue weighted by molar-refractivity contribution is 9.11. The molecule has 0 saturated heterocycles. The van der Waals surface area contributed by atoms with Crippen LogP contribution in [0.25, 0.3) is 0 Å². The number of esters is 1. The first-order valence-electron chi connectivity index (χ1n) is 5.87. The Balaban J connectivity index is 2.71. The van der Waals surface area contributed by atoms with Crippen molar-refractivity contribution in [1.82, 2.24) is 0 Å². The summed E-state index contributed by atoms with van der Waals surface area (Å²) < 4.78 is 11.8. The van der Waals surface area contributed by atoms with E-state index in [1.54, 1.807) is 0 Å². The summed E-state index contributed by atoms with van der Waals surface area (Å²) in [4.78, 5) is 11.0. The fourth-order valence-electron chi connectivity index (χ4n) is 1.58. The van der Waals surface area contributed by atoms with Gasteiger partial charge in [0.2, 0.25) is 0 Å². The van der Waals surface area contributed by atoms with Gasteiger partial charge in [-0.3, -0.25) is 4.79 Å². The summed E-state index contributed by atoms with van der Waals surface area (Å²) in [6.45, 7) is 2.24. The SMILES string of the molecule is COC(=O)CCOc1c(Br)cc(CC(C)N)cc1Br. The van der Waals surface area contributed by atoms with Gasteiger partial charge in [-0.25, -0.2) is 0 Å². The zero-order valence-electron chi connectivity index (χ0n) is 10.9. The van der Waals surface area contributed by atoms with Crippen molar-refractivity contribution in [1.29, 1.82) is 0 Å². The highest BCUT2D eigenvalue weighted by Gasteiger charge is 2.11. The number of hydrogen-bond acceptors (Lipinski definition) is 4. The molecule has 0 heterocycles. The van der Waals surface area contributed by atoms with Crippen LogP contribution in [-0.2, 0) is 16.0 Å². The molecule has 0 spiro atoms. The Kier molecular flexibility index (Phi) is 6.82. The number of methoxy groups -OCH3 is 1. The van der Waals surface area contributed by atoms with Crippen LogP contribution in [-0.4, -0.2) is 25.7 Å². The predicted molar refractivity (Wildman–Crippen MR) is 81.3 cm³/mol. The van der Waals surface area contributed by atoms with Gasteiger partial charge in [0.1, 0.15) is 5.75 Å². The largest absolute Gasteiger partial charge is 0.491 e. The molecule has 0 radical (unpaired) electrons. The molecule has 4 nitrogen and oxygen atoms in total. The van der Waals surface area contributed by atoms with Crippen LogP contribution in [0.5, 0.6) is 5.75 Å². The maximum absolute atomic E-state index is 11.0. The third-order valence-corrected chi connectivity index (χ3v) is 3.57. The molecule has 19 heavy (non-hydrogen) atoms. The minimum Gasteiger partial charge on any atom is -0.491 e. The number of carbonyl (C=O) groups is 1. The summed E-state index contributed by atoms with van der Waals surface area (Å²) in [5.74, 6) is 0.387. The lowest BCUT2D eigenvalue weighted by atomic mass is 10.1. The Hall–Kier alpha value is -0.590. The second kappa shape index (κ2) is 7.87. The van der Waals surface area contributed by atoms with E-state index in [0.29, 0.717) is 5.75 Å². The minimum atomic E-state index is -0.291. The van der Waals surface area contributed by atoms with Crippen LogP contribution in [0.3, 0.4) is 0 Å². The lowest BCUT2D eigenvalue weighted by Gasteiger charge is -2.13. The third-order valence-electron chi connectivity index (χ3n) is 2.40. The van der Waals surface area contributed by atoms with Crippen molar-refractivity contribution >= 4 is 37.8 Å². The van der Waals surface area contributed by atoms with Gasteiger partial charge in [0.25, 0.3) is 0 Å². The second-order valence-electron chi connectivity index (χ2n) is 4.24. The Morgan fingerprint density at radius 2 is 1.95 bits per heavy atom. The van der Waals surface area contributed by atoms with Crippen LogP contribution < -0.4 is 10.5 Å². The summed E-state index contributed by atoms with van der Waals surface area (Å²) >= 11 is 6.92. The zero-order valence-corrected chi connectivity index (χ0v) is 14.1. The average Bonchev–Trinajstić information content (AvgIpc) is 2.31. The lowest BCUT2D eigenvalue weighted by molar-refractivity contribution is -0.141. The van der Waals surface area contributed by atoms with Gasteiger partial charge in [0.15, 0.2) is 0 Å². The summed E-state index contributed by atoms with van der Waals surface area (Å²) in [6, 6.07) is 4.05. The van der Waals surface area contributed by atoms with E-state index in [1.165, 1.54) is 7.11 Å². The zero-order chi connectivity index (χ0) is 14.4. The molecule has 2 N–H and O–H groups in total. The highest BCUT2D eigenvalue weighted by atomic mass is 79.9. The first-order valence-corrected chi connectivity index (χ1v) is 7.45. The van der Waals surface area contributed by atoms with Crippen molar-refractivity contribution in [3.05, 3.63) is 26.6 Å². The molecule has 6 heteroatoms. The summed E-state index contributed by atoms with van der Waals surface area (Å²) in [6.07, 6.45) is 1.01. The predicted octanol–water partition coefficient (Wildman–Crippen LogP) is 3.04. The summed E-state index contributed by atoms with van der Waals surface area (Å²) in [5, 5.41) is 0. The smallest absolute Gasteiger partial charge is 0.308 e. The van der Waals surface area contributed by atoms with Crippen molar-refractivity contribution in [2.45, 2.75) is 25.8 Å². The van der Waals surface area contributed by atoms with Gasteiger partial charge < -0.3 is 15.2 Å². The number of hydrogen-bond donors (Lipinski definition) is 1. The van der Waals surface area contributed by atoms with Crippen LogP contribution in [0.1, 0.15) is 18.9 Å². The maximum atomic E-state index is 11.0. The van der Waals surface area contributed by atoms with Crippen LogP contribution in [0.15, 0.2) is 21.1 Å². The van der Waals surface area contributed by atoms with Gasteiger partial charge in [-0.1, -0.05) is 0 Å². The standard InChI is InChI=1S/C13H17Br2NO3/c1-8(16)5-9-6-10(14)13(11(15)7-9)19-4-3-12(17)18-2/h6-8H,3-5,16H2,1-2H3. The monoisotopic (exact) mass is 393 g/mol. The minimum absolute atomic E-state index is 0.102. The van der Waals surface area contributed by atoms with Crippen LogP contribution in [0.4, 0.5) is 0 Å². The molecule has 0 bridgehead atoms. The second-order valence-corrected chi connectivity index (χ2v) is 5.95. The average molecular weight is 395 g/mol. The van der Waals surface area contributed by atoms with Crippen molar-refractivity contribution in [2.75, 3.05) is 13.7 Å². The van der Waals surface area contributed by atoms with Crippen LogP contribution in [0, 0.1) is 0 Å². The van der Waals surface area contributed by atoms with Crippen molar-refractivity contribution in [3.63, 3.8) is 0 Å². The molecular formula is C13H17Br2NO3. The molecule has 1 aromatic rings. The normalized spacial score (nSPS) is 12.1. The van der Waals surface area contributed by atoms with E-state index < -0.39 is 0 Å². The first-order chi connectivity index (χ1) is 8.93. The fourth-order valence-corrected chi connectivity index (χ4v) is 3.09. The number of halogens is 2. The molecule has 1 atom stereocenters. The van der Waals surface area contributed by atoms with Crippen molar-refractivity contribution in [2.24, 2.45) is 5.73 Å². The van der Waals surface area contributed by atoms with Gasteiger partial charge in [-0.15, -0.1) is 0 Å². The quantitative estimate of drug-likeness (QED) is 0.753. The van der Waals surface area contributed by atoms with E-state index in [-0.39, 0.29) is 25.0 Å². The Morgan fingerprint density at radius 1 is 1.37 bits per heavy atom. The summed E-state index contributed by atoms with van der Waals surface area (Å²) in [5.41, 5.74) is 6.90. The molecular weight excluding hydrogens is 378 g/mol. The van der Waals surface area contributed by atoms with E-state index in [2.05, 4.69) is 36.6 Å². The van der Waals surface area contributed by atoms with Crippen LogP contribution >= 0.6 is 31.9 Å². The molecule has 0 aliphatic heterocycles. The molecule has 0 aliphatic rings. The van der Waals surface area contributed by atoms with Crippen LogP contribution in [0.2, 0.25) is 0 Å². The van der Waals surface area contributed by atoms with Gasteiger partial charge in [-0.2, -0.15) is 0 Å². The van der Waals surface area contributed by atoms with E-state index >= 15 is 0 Å². The molecule has 0 aliphatic carbocycles. The van der Waals surface area contributed by atoms with Gasteiger partial charge >= 0.3 is 5.97 Å². The highest BCUT2D eigenvalue weighted by Crippen LogP contribution is 2.35. The molecule has 106 valence electrons. The number of benzene rings is 1. The lowest BCUT2D eigenvalue weighted by Crippen LogP contribution is -2.17. The Labute approximate surface area is 129 Å². The summed E-state index contributed by atoms with van der Waals surface area (Å²) in [7, 11) is 1.36. The number of nitrogens with two attached hydrogens (primary N) is 1. The topological polar surface area (TPSA) is 61.5 Å². The molecule has 0 fully saturated rings. The van der Waals surface area contributed by atoms with E-state index in [1.807, 2.05) is 19.1 Å². The molecule has 1 rings (SSSR count). The molecule has 1 aromatic carbocycles. The first kappa shape index (κ1) is 16.5. The fraction of sp³-hybridized carbons (Fsp3) is 0.462. The Bertz CT molecular complexity index is 427.